The maximum atomic E-state index is 14.3. The van der Waals surface area contributed by atoms with Crippen molar-refractivity contribution in [2.24, 2.45) is 11.8 Å². The molecule has 0 radical (unpaired) electrons. The smallest absolute Gasteiger partial charge is 0.328 e. The number of carbonyl (C=O) groups excluding carboxylic acids is 5. The Morgan fingerprint density at radius 1 is 0.696 bits per heavy atom. The molecule has 2 N–H and O–H groups in total. The molecule has 0 unspecified atom stereocenters. The number of benzene rings is 3. The Balaban J connectivity index is 1.18. The molecule has 0 aromatic heterocycles. The zero-order chi connectivity index (χ0) is 39.3. The molecule has 11 heteroatoms. The number of aryl methyl sites for hydroxylation is 1. The minimum absolute atomic E-state index is 0.0561. The van der Waals surface area contributed by atoms with Crippen LogP contribution in [0.25, 0.3) is 0 Å². The summed E-state index contributed by atoms with van der Waals surface area (Å²) in [4.78, 5) is 72.8. The third-order valence-electron chi connectivity index (χ3n) is 11.5. The first kappa shape index (κ1) is 41.0. The van der Waals surface area contributed by atoms with Gasteiger partial charge in [0, 0.05) is 24.9 Å². The number of piperidine rings is 1. The number of ether oxygens (including phenoxy) is 1. The van der Waals surface area contributed by atoms with Crippen molar-refractivity contribution < 1.29 is 28.7 Å². The average Bonchev–Trinajstić information content (AvgIpc) is 3.50. The molecule has 6 rings (SSSR count). The predicted molar refractivity (Wildman–Crippen MR) is 218 cm³/mol. The van der Waals surface area contributed by atoms with Crippen molar-refractivity contribution in [2.75, 3.05) is 19.4 Å². The molecule has 298 valence electrons. The fourth-order valence-electron chi connectivity index (χ4n) is 8.35. The van der Waals surface area contributed by atoms with E-state index in [1.54, 1.807) is 16.7 Å². The number of amides is 4. The van der Waals surface area contributed by atoms with Crippen molar-refractivity contribution >= 4 is 41.4 Å². The molecule has 56 heavy (non-hydrogen) atoms. The largest absolute Gasteiger partial charge is 0.467 e. The number of methoxy groups -OCH3 is 1. The Bertz CT molecular complexity index is 1760. The highest BCUT2D eigenvalue weighted by molar-refractivity contribution is 7.99. The molecule has 3 saturated heterocycles. The van der Waals surface area contributed by atoms with Gasteiger partial charge in [-0.05, 0) is 99.5 Å². The summed E-state index contributed by atoms with van der Waals surface area (Å²) in [6, 6.07) is 27.8. The topological polar surface area (TPSA) is 125 Å². The predicted octanol–water partition coefficient (Wildman–Crippen LogP) is 6.07. The van der Waals surface area contributed by atoms with Crippen molar-refractivity contribution in [1.29, 1.82) is 0 Å². The molecule has 3 heterocycles. The second-order valence-corrected chi connectivity index (χ2v) is 16.7. The Hall–Kier alpha value is -4.64. The standard InChI is InChI=1S/C45H56N4O6S/c1-55-45(54)39-21-13-22-40-49(39)44(53)38(27-29-56-40)47-42(51)36(30-33-16-7-3-8-17-33)26-25-35(24-23-32-14-5-2-6-15-32)41(50)46-37-20-11-12-28-48(43(37)52)31-34-18-9-4-10-19-34/h2-10,14-19,35-40H,11-13,20-31H2,1H3,(H,46,50)(H,47,51)/t35-,36+,37-,38-,39-,40-/m0/s1. The minimum Gasteiger partial charge on any atom is -0.467 e. The van der Waals surface area contributed by atoms with Crippen LogP contribution in [-0.4, -0.2) is 82.3 Å². The zero-order valence-electron chi connectivity index (χ0n) is 32.5. The van der Waals surface area contributed by atoms with Crippen molar-refractivity contribution in [3.8, 4) is 0 Å². The highest BCUT2D eigenvalue weighted by Gasteiger charge is 2.44. The molecule has 3 fully saturated rings. The van der Waals surface area contributed by atoms with E-state index in [1.165, 1.54) is 7.11 Å². The fourth-order valence-corrected chi connectivity index (χ4v) is 9.74. The lowest BCUT2D eigenvalue weighted by Crippen LogP contribution is -2.57. The van der Waals surface area contributed by atoms with Gasteiger partial charge < -0.3 is 25.2 Å². The van der Waals surface area contributed by atoms with Gasteiger partial charge in [0.1, 0.15) is 18.1 Å². The summed E-state index contributed by atoms with van der Waals surface area (Å²) in [5.41, 5.74) is 3.17. The molecular formula is C45H56N4O6S. The molecule has 0 saturated carbocycles. The Labute approximate surface area is 335 Å². The van der Waals surface area contributed by atoms with Crippen LogP contribution in [0.3, 0.4) is 0 Å². The minimum atomic E-state index is -0.763. The van der Waals surface area contributed by atoms with Crippen LogP contribution in [-0.2, 0) is 48.1 Å². The van der Waals surface area contributed by atoms with E-state index in [-0.39, 0.29) is 29.0 Å². The Kier molecular flexibility index (Phi) is 15.0. The molecule has 3 aliphatic heterocycles. The molecule has 0 spiro atoms. The van der Waals surface area contributed by atoms with E-state index in [2.05, 4.69) is 22.8 Å². The van der Waals surface area contributed by atoms with Crippen LogP contribution in [0, 0.1) is 11.8 Å². The number of carbonyl (C=O) groups is 5. The van der Waals surface area contributed by atoms with Gasteiger partial charge in [-0.3, -0.25) is 19.2 Å². The van der Waals surface area contributed by atoms with E-state index in [0.717, 1.165) is 42.4 Å². The van der Waals surface area contributed by atoms with E-state index < -0.39 is 35.9 Å². The number of likely N-dealkylation sites (tertiary alicyclic amines) is 1. The third kappa shape index (κ3) is 11.0. The number of fused-ring (bicyclic) bond motifs is 1. The second kappa shape index (κ2) is 20.5. The number of nitrogens with zero attached hydrogens (tertiary/aromatic N) is 2. The average molecular weight is 781 g/mol. The molecule has 0 aliphatic carbocycles. The van der Waals surface area contributed by atoms with E-state index in [0.29, 0.717) is 70.2 Å². The number of thioether (sulfide) groups is 1. The highest BCUT2D eigenvalue weighted by Crippen LogP contribution is 2.35. The summed E-state index contributed by atoms with van der Waals surface area (Å²) < 4.78 is 5.08. The van der Waals surface area contributed by atoms with Crippen LogP contribution in [0.5, 0.6) is 0 Å². The number of hydrogen-bond acceptors (Lipinski definition) is 7. The van der Waals surface area contributed by atoms with Gasteiger partial charge in [-0.25, -0.2) is 4.79 Å². The first-order valence-corrected chi connectivity index (χ1v) is 21.4. The van der Waals surface area contributed by atoms with Crippen molar-refractivity contribution in [2.45, 2.75) is 107 Å². The summed E-state index contributed by atoms with van der Waals surface area (Å²) in [5.74, 6) is -1.39. The van der Waals surface area contributed by atoms with Crippen molar-refractivity contribution in [3.63, 3.8) is 0 Å². The van der Waals surface area contributed by atoms with Gasteiger partial charge in [-0.1, -0.05) is 91.0 Å². The highest BCUT2D eigenvalue weighted by atomic mass is 32.2. The van der Waals surface area contributed by atoms with Gasteiger partial charge in [-0.2, -0.15) is 0 Å². The molecule has 4 amide bonds. The summed E-state index contributed by atoms with van der Waals surface area (Å²) in [6.45, 7) is 1.15. The van der Waals surface area contributed by atoms with Gasteiger partial charge in [0.25, 0.3) is 0 Å². The molecule has 3 aliphatic rings. The van der Waals surface area contributed by atoms with E-state index in [4.69, 9.17) is 4.74 Å². The molecule has 6 atom stereocenters. The summed E-state index contributed by atoms with van der Waals surface area (Å²) in [7, 11) is 1.34. The fraction of sp³-hybridized carbons (Fsp3) is 0.489. The first-order chi connectivity index (χ1) is 27.3. The summed E-state index contributed by atoms with van der Waals surface area (Å²) in [6.07, 6.45) is 7.48. The van der Waals surface area contributed by atoms with E-state index in [1.807, 2.05) is 83.8 Å². The number of nitrogens with one attached hydrogen (secondary N) is 2. The van der Waals surface area contributed by atoms with Crippen molar-refractivity contribution in [1.82, 2.24) is 20.4 Å². The summed E-state index contributed by atoms with van der Waals surface area (Å²) in [5, 5.41) is 6.14. The van der Waals surface area contributed by atoms with Crippen LogP contribution in [0.15, 0.2) is 91.0 Å². The van der Waals surface area contributed by atoms with Gasteiger partial charge in [0.2, 0.25) is 23.6 Å². The van der Waals surface area contributed by atoms with Crippen LogP contribution in [0.1, 0.15) is 80.9 Å². The van der Waals surface area contributed by atoms with Gasteiger partial charge >= 0.3 is 5.97 Å². The van der Waals surface area contributed by atoms with Crippen LogP contribution >= 0.6 is 11.8 Å². The monoisotopic (exact) mass is 780 g/mol. The maximum Gasteiger partial charge on any atom is 0.328 e. The zero-order valence-corrected chi connectivity index (χ0v) is 33.3. The van der Waals surface area contributed by atoms with E-state index >= 15 is 0 Å². The number of hydrogen-bond donors (Lipinski definition) is 2. The Morgan fingerprint density at radius 3 is 1.98 bits per heavy atom. The lowest BCUT2D eigenvalue weighted by Gasteiger charge is -2.40. The van der Waals surface area contributed by atoms with Crippen LogP contribution in [0.4, 0.5) is 0 Å². The van der Waals surface area contributed by atoms with E-state index in [9.17, 15) is 24.0 Å². The first-order valence-electron chi connectivity index (χ1n) is 20.3. The lowest BCUT2D eigenvalue weighted by atomic mass is 9.87. The van der Waals surface area contributed by atoms with Gasteiger partial charge in [-0.15, -0.1) is 11.8 Å². The second-order valence-electron chi connectivity index (χ2n) is 15.4. The normalized spacial score (nSPS) is 22.5. The molecular weight excluding hydrogens is 725 g/mol. The third-order valence-corrected chi connectivity index (χ3v) is 12.8. The number of rotatable bonds is 15. The summed E-state index contributed by atoms with van der Waals surface area (Å²) >= 11 is 1.66. The number of esters is 1. The van der Waals surface area contributed by atoms with Crippen LogP contribution < -0.4 is 10.6 Å². The van der Waals surface area contributed by atoms with Crippen molar-refractivity contribution in [3.05, 3.63) is 108 Å². The molecule has 3 aromatic rings. The molecule has 10 nitrogen and oxygen atoms in total. The Morgan fingerprint density at radius 2 is 1.30 bits per heavy atom. The maximum absolute atomic E-state index is 14.3. The SMILES string of the molecule is COC(=O)[C@@H]1CCC[C@@H]2SCC[C@H](NC(=O)[C@H](CC[C@H](CCc3ccccc3)C(=O)N[C@H]3CCCCN(Cc4ccccc4)C3=O)Cc3ccccc3)C(=O)N21. The lowest BCUT2D eigenvalue weighted by molar-refractivity contribution is -0.156. The quantitative estimate of drug-likeness (QED) is 0.180. The van der Waals surface area contributed by atoms with Gasteiger partial charge in [0.05, 0.1) is 12.5 Å². The van der Waals surface area contributed by atoms with Crippen LogP contribution in [0.2, 0.25) is 0 Å². The molecule has 0 bridgehead atoms. The van der Waals surface area contributed by atoms with Gasteiger partial charge in [0.15, 0.2) is 0 Å². The molecule has 3 aromatic carbocycles.